The zero-order valence-electron chi connectivity index (χ0n) is 8.95. The quantitative estimate of drug-likeness (QED) is 0.629. The molecule has 1 aliphatic heterocycles. The maximum absolute atomic E-state index is 8.76. The Bertz CT molecular complexity index is 219. The standard InChI is InChI=1S/C11H19N3/c1-3-7-14-9-4-8-13(2)10-11(14)5-6-12/h3,11H,1,4-5,7-10H2,2H3. The molecule has 0 aromatic rings. The zero-order chi connectivity index (χ0) is 10.4. The van der Waals surface area contributed by atoms with Crippen LogP contribution in [0.15, 0.2) is 12.7 Å². The molecule has 0 radical (unpaired) electrons. The van der Waals surface area contributed by atoms with Gasteiger partial charge in [0.1, 0.15) is 0 Å². The Hall–Kier alpha value is -0.850. The molecule has 1 saturated heterocycles. The summed E-state index contributed by atoms with van der Waals surface area (Å²) in [5.41, 5.74) is 0. The molecule has 0 spiro atoms. The molecule has 0 bridgehead atoms. The van der Waals surface area contributed by atoms with E-state index in [1.54, 1.807) is 0 Å². The molecule has 1 heterocycles. The maximum Gasteiger partial charge on any atom is 0.0638 e. The van der Waals surface area contributed by atoms with E-state index in [2.05, 4.69) is 29.5 Å². The Kier molecular flexibility index (Phi) is 4.64. The van der Waals surface area contributed by atoms with Crippen LogP contribution < -0.4 is 0 Å². The summed E-state index contributed by atoms with van der Waals surface area (Å²) < 4.78 is 0. The predicted molar refractivity (Wildman–Crippen MR) is 57.9 cm³/mol. The van der Waals surface area contributed by atoms with E-state index in [1.807, 2.05) is 6.08 Å². The average molecular weight is 193 g/mol. The molecule has 0 saturated carbocycles. The van der Waals surface area contributed by atoms with Gasteiger partial charge in [0.25, 0.3) is 0 Å². The summed E-state index contributed by atoms with van der Waals surface area (Å²) in [5.74, 6) is 0. The highest BCUT2D eigenvalue weighted by molar-refractivity contribution is 4.89. The lowest BCUT2D eigenvalue weighted by atomic mass is 10.2. The number of nitrogens with zero attached hydrogens (tertiary/aromatic N) is 3. The minimum Gasteiger partial charge on any atom is -0.305 e. The average Bonchev–Trinajstić information content (AvgIpc) is 2.31. The van der Waals surface area contributed by atoms with Gasteiger partial charge >= 0.3 is 0 Å². The molecule has 0 N–H and O–H groups in total. The highest BCUT2D eigenvalue weighted by Crippen LogP contribution is 2.11. The second-order valence-corrected chi connectivity index (χ2v) is 3.92. The molecule has 78 valence electrons. The fourth-order valence-electron chi connectivity index (χ4n) is 2.00. The van der Waals surface area contributed by atoms with E-state index in [4.69, 9.17) is 5.26 Å². The Morgan fingerprint density at radius 3 is 3.00 bits per heavy atom. The zero-order valence-corrected chi connectivity index (χ0v) is 8.95. The van der Waals surface area contributed by atoms with Gasteiger partial charge in [0.05, 0.1) is 12.5 Å². The Morgan fingerprint density at radius 2 is 2.36 bits per heavy atom. The molecule has 1 unspecified atom stereocenters. The molecule has 1 fully saturated rings. The van der Waals surface area contributed by atoms with E-state index >= 15 is 0 Å². The van der Waals surface area contributed by atoms with E-state index < -0.39 is 0 Å². The van der Waals surface area contributed by atoms with Crippen LogP contribution in [0.1, 0.15) is 12.8 Å². The molecule has 1 rings (SSSR count). The van der Waals surface area contributed by atoms with Crippen molar-refractivity contribution >= 4 is 0 Å². The topological polar surface area (TPSA) is 30.3 Å². The third-order valence-corrected chi connectivity index (χ3v) is 2.71. The second kappa shape index (κ2) is 5.79. The van der Waals surface area contributed by atoms with Crippen LogP contribution in [-0.4, -0.2) is 49.1 Å². The largest absolute Gasteiger partial charge is 0.305 e. The van der Waals surface area contributed by atoms with Crippen LogP contribution in [-0.2, 0) is 0 Å². The molecule has 3 nitrogen and oxygen atoms in total. The van der Waals surface area contributed by atoms with Crippen LogP contribution in [0.4, 0.5) is 0 Å². The van der Waals surface area contributed by atoms with E-state index in [9.17, 15) is 0 Å². The first-order chi connectivity index (χ1) is 6.77. The van der Waals surface area contributed by atoms with Gasteiger partial charge in [-0.15, -0.1) is 6.58 Å². The van der Waals surface area contributed by atoms with E-state index in [0.29, 0.717) is 12.5 Å². The van der Waals surface area contributed by atoms with Crippen molar-refractivity contribution in [2.75, 3.05) is 33.2 Å². The highest BCUT2D eigenvalue weighted by atomic mass is 15.2. The molecule has 3 heteroatoms. The van der Waals surface area contributed by atoms with Gasteiger partial charge < -0.3 is 4.90 Å². The van der Waals surface area contributed by atoms with Crippen LogP contribution >= 0.6 is 0 Å². The lowest BCUT2D eigenvalue weighted by Gasteiger charge is -2.27. The fraction of sp³-hybridized carbons (Fsp3) is 0.727. The van der Waals surface area contributed by atoms with Crippen molar-refractivity contribution in [2.24, 2.45) is 0 Å². The van der Waals surface area contributed by atoms with Crippen LogP contribution in [0.5, 0.6) is 0 Å². The summed E-state index contributed by atoms with van der Waals surface area (Å²) in [6.07, 6.45) is 3.74. The van der Waals surface area contributed by atoms with Gasteiger partial charge in [-0.2, -0.15) is 5.26 Å². The number of rotatable bonds is 3. The molecule has 0 amide bonds. The number of likely N-dealkylation sites (N-methyl/N-ethyl adjacent to an activating group) is 1. The third kappa shape index (κ3) is 3.13. The monoisotopic (exact) mass is 193 g/mol. The molecular formula is C11H19N3. The SMILES string of the molecule is C=CCN1CCCN(C)CC1CC#N. The van der Waals surface area contributed by atoms with Gasteiger partial charge in [0, 0.05) is 25.7 Å². The number of hydrogen-bond acceptors (Lipinski definition) is 3. The van der Waals surface area contributed by atoms with Crippen molar-refractivity contribution < 1.29 is 0 Å². The third-order valence-electron chi connectivity index (χ3n) is 2.71. The minimum absolute atomic E-state index is 0.380. The van der Waals surface area contributed by atoms with Crippen molar-refractivity contribution in [2.45, 2.75) is 18.9 Å². The first kappa shape index (κ1) is 11.2. The maximum atomic E-state index is 8.76. The van der Waals surface area contributed by atoms with Crippen molar-refractivity contribution in [3.05, 3.63) is 12.7 Å². The van der Waals surface area contributed by atoms with E-state index in [0.717, 1.165) is 26.2 Å². The fourth-order valence-corrected chi connectivity index (χ4v) is 2.00. The summed E-state index contributed by atoms with van der Waals surface area (Å²) in [5, 5.41) is 8.76. The van der Waals surface area contributed by atoms with Crippen LogP contribution in [0, 0.1) is 11.3 Å². The molecule has 1 atom stereocenters. The molecule has 0 aromatic heterocycles. The summed E-state index contributed by atoms with van der Waals surface area (Å²) in [7, 11) is 2.13. The van der Waals surface area contributed by atoms with Crippen LogP contribution in [0.25, 0.3) is 0 Å². The highest BCUT2D eigenvalue weighted by Gasteiger charge is 2.21. The lowest BCUT2D eigenvalue weighted by Crippen LogP contribution is -2.39. The van der Waals surface area contributed by atoms with Crippen LogP contribution in [0.2, 0.25) is 0 Å². The number of hydrogen-bond donors (Lipinski definition) is 0. The van der Waals surface area contributed by atoms with Gasteiger partial charge in [0.15, 0.2) is 0 Å². The Labute approximate surface area is 86.6 Å². The smallest absolute Gasteiger partial charge is 0.0638 e. The van der Waals surface area contributed by atoms with Crippen molar-refractivity contribution in [1.29, 1.82) is 5.26 Å². The first-order valence-corrected chi connectivity index (χ1v) is 5.18. The van der Waals surface area contributed by atoms with Crippen molar-refractivity contribution in [3.8, 4) is 6.07 Å². The van der Waals surface area contributed by atoms with Crippen LogP contribution in [0.3, 0.4) is 0 Å². The summed E-state index contributed by atoms with van der Waals surface area (Å²) >= 11 is 0. The second-order valence-electron chi connectivity index (χ2n) is 3.92. The van der Waals surface area contributed by atoms with Gasteiger partial charge in [-0.25, -0.2) is 0 Å². The normalized spacial score (nSPS) is 25.3. The van der Waals surface area contributed by atoms with Gasteiger partial charge in [0.2, 0.25) is 0 Å². The Balaban J connectivity index is 2.59. The summed E-state index contributed by atoms with van der Waals surface area (Å²) in [4.78, 5) is 4.67. The number of nitriles is 1. The van der Waals surface area contributed by atoms with Crippen molar-refractivity contribution in [3.63, 3.8) is 0 Å². The molecule has 0 aliphatic carbocycles. The summed E-state index contributed by atoms with van der Waals surface area (Å²) in [6.45, 7) is 7.89. The molecule has 1 aliphatic rings. The van der Waals surface area contributed by atoms with Gasteiger partial charge in [-0.1, -0.05) is 6.08 Å². The lowest BCUT2D eigenvalue weighted by molar-refractivity contribution is 0.209. The predicted octanol–water partition coefficient (Wildman–Crippen LogP) is 1.09. The Morgan fingerprint density at radius 1 is 1.57 bits per heavy atom. The van der Waals surface area contributed by atoms with Gasteiger partial charge in [-0.05, 0) is 20.0 Å². The minimum atomic E-state index is 0.380. The van der Waals surface area contributed by atoms with E-state index in [-0.39, 0.29) is 0 Å². The molecule has 14 heavy (non-hydrogen) atoms. The summed E-state index contributed by atoms with van der Waals surface area (Å²) in [6, 6.07) is 2.65. The molecule has 0 aromatic carbocycles. The molecular weight excluding hydrogens is 174 g/mol. The first-order valence-electron chi connectivity index (χ1n) is 5.18. The van der Waals surface area contributed by atoms with E-state index in [1.165, 1.54) is 6.42 Å². The van der Waals surface area contributed by atoms with Crippen molar-refractivity contribution in [1.82, 2.24) is 9.80 Å². The van der Waals surface area contributed by atoms with Gasteiger partial charge in [-0.3, -0.25) is 4.90 Å².